The van der Waals surface area contributed by atoms with Gasteiger partial charge in [0.05, 0.1) is 18.0 Å². The number of amidine groups is 1. The van der Waals surface area contributed by atoms with Crippen molar-refractivity contribution in [3.8, 4) is 6.07 Å². The number of ether oxygens (including phenoxy) is 2. The van der Waals surface area contributed by atoms with Gasteiger partial charge in [-0.25, -0.2) is 4.99 Å². The number of aromatic nitrogens is 1. The lowest BCUT2D eigenvalue weighted by atomic mass is 9.92. The number of hydrogen-bond donors (Lipinski definition) is 6. The summed E-state index contributed by atoms with van der Waals surface area (Å²) >= 11 is 0. The second-order valence-electron chi connectivity index (χ2n) is 8.52. The van der Waals surface area contributed by atoms with Crippen LogP contribution >= 0.6 is 0 Å². The van der Waals surface area contributed by atoms with Crippen molar-refractivity contribution in [2.75, 3.05) is 6.61 Å². The summed E-state index contributed by atoms with van der Waals surface area (Å²) in [6.45, 7) is 2.80. The first-order valence-corrected chi connectivity index (χ1v) is 11.2. The SMILES string of the molecule is CC(C)[C@H](N)C(=O)O[C@H]1[C@@H](O)[C@](C#N)(c2ccc(/C(=N\C=N)NC(=O)c3ccccc3)[nH]2)O[C@@H]1CO. The lowest BCUT2D eigenvalue weighted by Gasteiger charge is -2.25. The zero-order valence-electron chi connectivity index (χ0n) is 19.7. The van der Waals surface area contributed by atoms with E-state index in [-0.39, 0.29) is 23.1 Å². The smallest absolute Gasteiger partial charge is 0.323 e. The maximum atomic E-state index is 12.6. The predicted molar refractivity (Wildman–Crippen MR) is 128 cm³/mol. The predicted octanol–water partition coefficient (Wildman–Crippen LogP) is 0.164. The van der Waals surface area contributed by atoms with Crippen LogP contribution in [0.4, 0.5) is 0 Å². The second-order valence-corrected chi connectivity index (χ2v) is 8.52. The number of nitrogens with one attached hydrogen (secondary N) is 3. The van der Waals surface area contributed by atoms with E-state index in [9.17, 15) is 25.1 Å². The summed E-state index contributed by atoms with van der Waals surface area (Å²) in [5.74, 6) is -1.54. The van der Waals surface area contributed by atoms with Crippen LogP contribution in [-0.2, 0) is 19.9 Å². The first kappa shape index (κ1) is 26.7. The van der Waals surface area contributed by atoms with Crippen molar-refractivity contribution in [2.24, 2.45) is 16.6 Å². The van der Waals surface area contributed by atoms with Gasteiger partial charge in [0, 0.05) is 5.56 Å². The Labute approximate surface area is 207 Å². The van der Waals surface area contributed by atoms with Crippen LogP contribution in [0.2, 0.25) is 0 Å². The Balaban J connectivity index is 1.89. The number of aliphatic hydroxyl groups is 2. The fraction of sp³-hybridized carbons (Fsp3) is 0.375. The minimum atomic E-state index is -2.04. The van der Waals surface area contributed by atoms with E-state index >= 15 is 0 Å². The van der Waals surface area contributed by atoms with Crippen molar-refractivity contribution in [3.05, 3.63) is 59.4 Å². The first-order chi connectivity index (χ1) is 17.2. The number of nitrogens with two attached hydrogens (primary N) is 1. The van der Waals surface area contributed by atoms with E-state index in [0.29, 0.717) is 5.56 Å². The number of aliphatic hydroxyl groups excluding tert-OH is 2. The highest BCUT2D eigenvalue weighted by atomic mass is 16.6. The van der Waals surface area contributed by atoms with Crippen molar-refractivity contribution in [3.63, 3.8) is 0 Å². The molecule has 1 aliphatic rings. The molecule has 190 valence electrons. The van der Waals surface area contributed by atoms with Gasteiger partial charge in [0.2, 0.25) is 5.60 Å². The molecule has 0 bridgehead atoms. The third-order valence-electron chi connectivity index (χ3n) is 5.82. The molecule has 1 saturated heterocycles. The van der Waals surface area contributed by atoms with Crippen molar-refractivity contribution in [1.82, 2.24) is 10.3 Å². The van der Waals surface area contributed by atoms with Crippen LogP contribution in [-0.4, -0.2) is 70.2 Å². The van der Waals surface area contributed by atoms with E-state index in [0.717, 1.165) is 6.34 Å². The molecule has 2 aromatic rings. The zero-order chi connectivity index (χ0) is 26.5. The maximum Gasteiger partial charge on any atom is 0.323 e. The minimum absolute atomic E-state index is 0.0183. The topological polar surface area (TPSA) is 207 Å². The van der Waals surface area contributed by atoms with Crippen molar-refractivity contribution in [2.45, 2.75) is 43.8 Å². The fourth-order valence-electron chi connectivity index (χ4n) is 3.70. The number of rotatable bonds is 8. The molecule has 3 rings (SSSR count). The largest absolute Gasteiger partial charge is 0.455 e. The number of carbonyl (C=O) groups is 2. The van der Waals surface area contributed by atoms with Crippen molar-refractivity contribution in [1.29, 1.82) is 10.7 Å². The molecule has 2 heterocycles. The van der Waals surface area contributed by atoms with Crippen LogP contribution in [0.25, 0.3) is 0 Å². The quantitative estimate of drug-likeness (QED) is 0.168. The molecule has 36 heavy (non-hydrogen) atoms. The summed E-state index contributed by atoms with van der Waals surface area (Å²) in [6.07, 6.45) is -3.53. The van der Waals surface area contributed by atoms with Gasteiger partial charge in [-0.3, -0.25) is 15.0 Å². The summed E-state index contributed by atoms with van der Waals surface area (Å²) in [5, 5.41) is 40.8. The van der Waals surface area contributed by atoms with Gasteiger partial charge in [-0.05, 0) is 30.2 Å². The molecule has 0 radical (unpaired) electrons. The number of aromatic amines is 1. The Morgan fingerprint density at radius 1 is 1.36 bits per heavy atom. The normalized spacial score (nSPS) is 24.7. The van der Waals surface area contributed by atoms with Gasteiger partial charge in [-0.15, -0.1) is 0 Å². The highest BCUT2D eigenvalue weighted by Gasteiger charge is 2.59. The fourth-order valence-corrected chi connectivity index (χ4v) is 3.70. The number of H-pyrrole nitrogens is 1. The van der Waals surface area contributed by atoms with E-state index in [1.54, 1.807) is 44.2 Å². The molecule has 0 aliphatic carbocycles. The molecule has 12 heteroatoms. The van der Waals surface area contributed by atoms with Crippen LogP contribution in [0.3, 0.4) is 0 Å². The van der Waals surface area contributed by atoms with Crippen LogP contribution in [0.15, 0.2) is 47.5 Å². The zero-order valence-corrected chi connectivity index (χ0v) is 19.7. The highest BCUT2D eigenvalue weighted by Crippen LogP contribution is 2.40. The third kappa shape index (κ3) is 5.19. The lowest BCUT2D eigenvalue weighted by Crippen LogP contribution is -2.46. The van der Waals surface area contributed by atoms with E-state index in [1.165, 1.54) is 12.1 Å². The summed E-state index contributed by atoms with van der Waals surface area (Å²) in [7, 11) is 0. The minimum Gasteiger partial charge on any atom is -0.455 e. The summed E-state index contributed by atoms with van der Waals surface area (Å²) < 4.78 is 11.1. The number of hydrogen-bond acceptors (Lipinski definition) is 9. The van der Waals surface area contributed by atoms with Gasteiger partial charge in [-0.1, -0.05) is 32.0 Å². The van der Waals surface area contributed by atoms with Crippen LogP contribution in [0.1, 0.15) is 35.6 Å². The van der Waals surface area contributed by atoms with Gasteiger partial charge >= 0.3 is 5.97 Å². The van der Waals surface area contributed by atoms with Crippen molar-refractivity contribution >= 4 is 24.1 Å². The molecule has 1 aromatic carbocycles. The molecule has 1 aliphatic heterocycles. The van der Waals surface area contributed by atoms with E-state index in [1.807, 2.05) is 6.07 Å². The van der Waals surface area contributed by atoms with Crippen molar-refractivity contribution < 1.29 is 29.3 Å². The number of esters is 1. The van der Waals surface area contributed by atoms with E-state index in [4.69, 9.17) is 20.6 Å². The van der Waals surface area contributed by atoms with Crippen LogP contribution in [0, 0.1) is 22.7 Å². The Morgan fingerprint density at radius 2 is 2.06 bits per heavy atom. The van der Waals surface area contributed by atoms with Gasteiger partial charge in [-0.2, -0.15) is 5.26 Å². The molecule has 0 unspecified atom stereocenters. The third-order valence-corrected chi connectivity index (χ3v) is 5.82. The molecule has 0 saturated carbocycles. The summed E-state index contributed by atoms with van der Waals surface area (Å²) in [5.41, 5.74) is 4.42. The number of aliphatic imine (C=N–C) groups is 1. The van der Waals surface area contributed by atoms with Gasteiger partial charge in [0.1, 0.15) is 30.7 Å². The summed E-state index contributed by atoms with van der Waals surface area (Å²) in [4.78, 5) is 31.7. The van der Waals surface area contributed by atoms with E-state index < -0.39 is 48.4 Å². The molecular weight excluding hydrogens is 468 g/mol. The Bertz CT molecular complexity index is 1170. The molecule has 1 fully saturated rings. The monoisotopic (exact) mass is 496 g/mol. The lowest BCUT2D eigenvalue weighted by molar-refractivity contribution is -0.159. The van der Waals surface area contributed by atoms with Gasteiger partial charge in [0.15, 0.2) is 11.9 Å². The molecule has 1 aromatic heterocycles. The Kier molecular flexibility index (Phi) is 8.33. The average molecular weight is 497 g/mol. The molecular formula is C24H28N6O6. The highest BCUT2D eigenvalue weighted by molar-refractivity contribution is 6.13. The number of nitriles is 1. The maximum absolute atomic E-state index is 12.6. The number of amides is 1. The average Bonchev–Trinajstić information content (AvgIpc) is 3.48. The van der Waals surface area contributed by atoms with Crippen LogP contribution < -0.4 is 11.1 Å². The summed E-state index contributed by atoms with van der Waals surface area (Å²) in [6, 6.07) is 12.2. The molecule has 0 spiro atoms. The Morgan fingerprint density at radius 3 is 2.64 bits per heavy atom. The molecule has 7 N–H and O–H groups in total. The first-order valence-electron chi connectivity index (χ1n) is 11.2. The second kappa shape index (κ2) is 11.2. The number of nitrogens with zero attached hydrogens (tertiary/aromatic N) is 2. The molecule has 12 nitrogen and oxygen atoms in total. The number of carbonyl (C=O) groups excluding carboxylic acids is 2. The van der Waals surface area contributed by atoms with Gasteiger partial charge in [0.25, 0.3) is 5.91 Å². The Hall–Kier alpha value is -3.89. The standard InChI is InChI=1S/C24H28N6O6/c1-13(2)18(27)23(34)35-19-16(10-31)36-24(11-25,20(19)32)17-9-8-15(29-17)21(28-12-26)30-22(33)14-6-4-3-5-7-14/h3-9,12-13,16,18-20,29,31-32H,10,27H2,1-2H3,(H2,26,28,30,33)/t16-,18+,19-,20-,24+/m1/s1. The number of benzene rings is 1. The van der Waals surface area contributed by atoms with Crippen LogP contribution in [0.5, 0.6) is 0 Å². The van der Waals surface area contributed by atoms with Gasteiger partial charge < -0.3 is 35.7 Å². The molecule has 1 amide bonds. The van der Waals surface area contributed by atoms with E-state index in [2.05, 4.69) is 15.3 Å². The molecule has 5 atom stereocenters.